The van der Waals surface area contributed by atoms with Crippen LogP contribution in [0.5, 0.6) is 0 Å². The molecular formula is C19H18ClN5S2. The quantitative estimate of drug-likeness (QED) is 0.550. The number of hydrogen-bond donors (Lipinski definition) is 1. The predicted octanol–water partition coefficient (Wildman–Crippen LogP) is 5.34. The maximum Gasteiger partial charge on any atom is 0.209 e. The summed E-state index contributed by atoms with van der Waals surface area (Å²) in [6.45, 7) is 3.22. The Kier molecular flexibility index (Phi) is 6.24. The summed E-state index contributed by atoms with van der Waals surface area (Å²) in [5, 5.41) is 18.3. The van der Waals surface area contributed by atoms with Crippen molar-refractivity contribution in [3.05, 3.63) is 68.1 Å². The third kappa shape index (κ3) is 5.15. The van der Waals surface area contributed by atoms with Crippen molar-refractivity contribution in [2.24, 2.45) is 0 Å². The first-order valence-corrected chi connectivity index (χ1v) is 9.83. The van der Waals surface area contributed by atoms with E-state index in [1.165, 1.54) is 11.3 Å². The van der Waals surface area contributed by atoms with E-state index in [2.05, 4.69) is 21.4 Å². The van der Waals surface area contributed by atoms with E-state index < -0.39 is 0 Å². The molecule has 0 aliphatic rings. The van der Waals surface area contributed by atoms with E-state index in [-0.39, 0.29) is 0 Å². The number of halogens is 1. The first-order chi connectivity index (χ1) is 12.9. The molecule has 1 aromatic heterocycles. The van der Waals surface area contributed by atoms with E-state index in [0.717, 1.165) is 21.9 Å². The second kappa shape index (κ2) is 8.63. The fourth-order valence-corrected chi connectivity index (χ4v) is 3.76. The van der Waals surface area contributed by atoms with Gasteiger partial charge < -0.3 is 5.32 Å². The molecule has 0 bridgehead atoms. The lowest BCUT2D eigenvalue weighted by atomic mass is 10.1. The Hall–Kier alpha value is -2.24. The average Bonchev–Trinajstić information content (AvgIpc) is 2.97. The van der Waals surface area contributed by atoms with Crippen LogP contribution in [0.1, 0.15) is 16.7 Å². The molecule has 138 valence electrons. The monoisotopic (exact) mass is 415 g/mol. The fourth-order valence-electron chi connectivity index (χ4n) is 2.57. The highest BCUT2D eigenvalue weighted by Crippen LogP contribution is 2.25. The third-order valence-corrected chi connectivity index (χ3v) is 5.54. The molecule has 0 atom stereocenters. The Bertz CT molecular complexity index is 1050. The fraction of sp³-hybridized carbons (Fsp3) is 0.211. The van der Waals surface area contributed by atoms with Gasteiger partial charge in [0.2, 0.25) is 5.13 Å². The van der Waals surface area contributed by atoms with Gasteiger partial charge in [0.15, 0.2) is 3.95 Å². The molecule has 0 radical (unpaired) electrons. The molecular weight excluding hydrogens is 398 g/mol. The van der Waals surface area contributed by atoms with Crippen molar-refractivity contribution < 1.29 is 0 Å². The Morgan fingerprint density at radius 1 is 1.33 bits per heavy atom. The van der Waals surface area contributed by atoms with Gasteiger partial charge in [0, 0.05) is 17.3 Å². The topological polar surface area (TPSA) is 56.9 Å². The zero-order valence-electron chi connectivity index (χ0n) is 14.9. The van der Waals surface area contributed by atoms with Crippen LogP contribution < -0.4 is 5.32 Å². The SMILES string of the molecule is Cc1ccc(Nc2nn(CN(C)Cc3cccc(C#N)c3)c(=S)s2)cc1Cl. The molecule has 1 N–H and O–H groups in total. The van der Waals surface area contributed by atoms with Gasteiger partial charge in [-0.25, -0.2) is 4.68 Å². The molecule has 0 saturated carbocycles. The first-order valence-electron chi connectivity index (χ1n) is 8.23. The normalized spacial score (nSPS) is 10.8. The van der Waals surface area contributed by atoms with Crippen molar-refractivity contribution in [1.29, 1.82) is 5.26 Å². The van der Waals surface area contributed by atoms with Gasteiger partial charge in [0.25, 0.3) is 0 Å². The summed E-state index contributed by atoms with van der Waals surface area (Å²) in [7, 11) is 1.99. The lowest BCUT2D eigenvalue weighted by Crippen LogP contribution is -2.22. The van der Waals surface area contributed by atoms with Crippen molar-refractivity contribution in [1.82, 2.24) is 14.7 Å². The van der Waals surface area contributed by atoms with E-state index in [0.29, 0.717) is 27.8 Å². The minimum atomic E-state index is 0.558. The molecule has 1 heterocycles. The van der Waals surface area contributed by atoms with Crippen LogP contribution in [0, 0.1) is 22.2 Å². The van der Waals surface area contributed by atoms with Gasteiger partial charge in [-0.15, -0.1) is 5.10 Å². The summed E-state index contributed by atoms with van der Waals surface area (Å²) in [6.07, 6.45) is 0. The highest BCUT2D eigenvalue weighted by atomic mass is 35.5. The highest BCUT2D eigenvalue weighted by molar-refractivity contribution is 7.73. The van der Waals surface area contributed by atoms with Crippen LogP contribution in [0.15, 0.2) is 42.5 Å². The number of nitriles is 1. The summed E-state index contributed by atoms with van der Waals surface area (Å²) < 4.78 is 2.47. The molecule has 0 saturated heterocycles. The Labute approximate surface area is 172 Å². The second-order valence-corrected chi connectivity index (χ2v) is 8.26. The van der Waals surface area contributed by atoms with Crippen LogP contribution in [0.2, 0.25) is 5.02 Å². The van der Waals surface area contributed by atoms with Gasteiger partial charge in [-0.2, -0.15) is 5.26 Å². The zero-order valence-corrected chi connectivity index (χ0v) is 17.3. The van der Waals surface area contributed by atoms with Gasteiger partial charge in [-0.1, -0.05) is 41.1 Å². The third-order valence-electron chi connectivity index (χ3n) is 3.91. The highest BCUT2D eigenvalue weighted by Gasteiger charge is 2.08. The summed E-state index contributed by atoms with van der Waals surface area (Å²) >= 11 is 13.0. The van der Waals surface area contributed by atoms with Gasteiger partial charge in [0.05, 0.1) is 18.3 Å². The standard InChI is InChI=1S/C19H18ClN5S2/c1-13-6-7-16(9-17(13)20)22-18-23-25(19(26)27-18)12-24(2)11-15-5-3-4-14(8-15)10-21/h3-9H,11-12H2,1-2H3,(H,22,23). The van der Waals surface area contributed by atoms with Gasteiger partial charge >= 0.3 is 0 Å². The van der Waals surface area contributed by atoms with Crippen LogP contribution in [0.3, 0.4) is 0 Å². The second-order valence-electron chi connectivity index (χ2n) is 6.23. The number of aryl methyl sites for hydroxylation is 1. The minimum Gasteiger partial charge on any atom is -0.330 e. The summed E-state index contributed by atoms with van der Waals surface area (Å²) in [5.41, 5.74) is 3.64. The van der Waals surface area contributed by atoms with Gasteiger partial charge in [-0.05, 0) is 61.6 Å². The van der Waals surface area contributed by atoms with E-state index in [1.807, 2.05) is 50.4 Å². The number of aromatic nitrogens is 2. The summed E-state index contributed by atoms with van der Waals surface area (Å²) in [6, 6.07) is 15.6. The van der Waals surface area contributed by atoms with E-state index in [4.69, 9.17) is 29.1 Å². The van der Waals surface area contributed by atoms with Crippen LogP contribution >= 0.6 is 35.2 Å². The minimum absolute atomic E-state index is 0.558. The molecule has 5 nitrogen and oxygen atoms in total. The van der Waals surface area contributed by atoms with E-state index in [1.54, 1.807) is 10.7 Å². The van der Waals surface area contributed by atoms with Gasteiger partial charge in [0.1, 0.15) is 0 Å². The molecule has 8 heteroatoms. The Morgan fingerprint density at radius 2 is 2.15 bits per heavy atom. The first kappa shape index (κ1) is 19.5. The molecule has 0 amide bonds. The number of benzene rings is 2. The van der Waals surface area contributed by atoms with Crippen LogP contribution in [-0.4, -0.2) is 21.7 Å². The molecule has 0 aliphatic heterocycles. The van der Waals surface area contributed by atoms with Gasteiger partial charge in [-0.3, -0.25) is 4.90 Å². The van der Waals surface area contributed by atoms with Crippen molar-refractivity contribution in [3.63, 3.8) is 0 Å². The Balaban J connectivity index is 1.67. The van der Waals surface area contributed by atoms with Crippen molar-refractivity contribution in [2.45, 2.75) is 20.1 Å². The molecule has 27 heavy (non-hydrogen) atoms. The molecule has 3 aromatic rings. The predicted molar refractivity (Wildman–Crippen MR) is 113 cm³/mol. The van der Waals surface area contributed by atoms with Crippen molar-refractivity contribution >= 4 is 46.0 Å². The lowest BCUT2D eigenvalue weighted by molar-refractivity contribution is 0.245. The molecule has 0 spiro atoms. The average molecular weight is 416 g/mol. The van der Waals surface area contributed by atoms with Crippen molar-refractivity contribution in [2.75, 3.05) is 12.4 Å². The molecule has 0 aliphatic carbocycles. The molecule has 2 aromatic carbocycles. The maximum atomic E-state index is 9.02. The van der Waals surface area contributed by atoms with E-state index in [9.17, 15) is 0 Å². The number of rotatable bonds is 6. The van der Waals surface area contributed by atoms with E-state index >= 15 is 0 Å². The summed E-state index contributed by atoms with van der Waals surface area (Å²) in [5.74, 6) is 0. The Morgan fingerprint density at radius 3 is 2.89 bits per heavy atom. The largest absolute Gasteiger partial charge is 0.330 e. The van der Waals surface area contributed by atoms with Crippen LogP contribution in [0.4, 0.5) is 10.8 Å². The number of hydrogen-bond acceptors (Lipinski definition) is 6. The van der Waals surface area contributed by atoms with Crippen LogP contribution in [0.25, 0.3) is 0 Å². The van der Waals surface area contributed by atoms with Crippen molar-refractivity contribution in [3.8, 4) is 6.07 Å². The molecule has 0 unspecified atom stereocenters. The summed E-state index contributed by atoms with van der Waals surface area (Å²) in [4.78, 5) is 2.10. The molecule has 0 fully saturated rings. The van der Waals surface area contributed by atoms with Crippen LogP contribution in [-0.2, 0) is 13.2 Å². The zero-order chi connectivity index (χ0) is 19.4. The number of nitrogens with zero attached hydrogens (tertiary/aromatic N) is 4. The maximum absolute atomic E-state index is 9.02. The number of anilines is 2. The lowest BCUT2D eigenvalue weighted by Gasteiger charge is -2.16. The smallest absolute Gasteiger partial charge is 0.209 e. The molecule has 3 rings (SSSR count). The number of nitrogens with one attached hydrogen (secondary N) is 1.